The summed E-state index contributed by atoms with van der Waals surface area (Å²) in [6.07, 6.45) is 3.26. The topological polar surface area (TPSA) is 58.2 Å². The molecule has 0 bridgehead atoms. The standard InChI is InChI=1S/C19H25N3O2/c1-13-14(2)20-21-17(13)9-10-19(23)22-11-5-8-18(22)15-6-4-7-16(12-15)24-3/h4,6-7,12,18H,5,8-11H2,1-3H3,(H,20,21)/t18-/m0/s1. The Hall–Kier alpha value is -2.30. The molecular formula is C19H25N3O2. The van der Waals surface area contributed by atoms with Crippen LogP contribution in [0.3, 0.4) is 0 Å². The van der Waals surface area contributed by atoms with Crippen LogP contribution in [0.4, 0.5) is 0 Å². The van der Waals surface area contributed by atoms with Gasteiger partial charge in [0.25, 0.3) is 0 Å². The minimum absolute atomic E-state index is 0.162. The molecule has 1 aromatic heterocycles. The van der Waals surface area contributed by atoms with Gasteiger partial charge in [-0.25, -0.2) is 0 Å². The quantitative estimate of drug-likeness (QED) is 0.916. The number of nitrogens with zero attached hydrogens (tertiary/aromatic N) is 2. The Labute approximate surface area is 143 Å². The van der Waals surface area contributed by atoms with Crippen molar-refractivity contribution in [2.45, 2.75) is 45.6 Å². The first-order chi connectivity index (χ1) is 11.6. The van der Waals surface area contributed by atoms with Crippen molar-refractivity contribution in [1.82, 2.24) is 15.1 Å². The molecule has 5 heteroatoms. The molecule has 24 heavy (non-hydrogen) atoms. The molecule has 2 heterocycles. The van der Waals surface area contributed by atoms with Crippen molar-refractivity contribution in [3.05, 3.63) is 46.8 Å². The number of amides is 1. The van der Waals surface area contributed by atoms with Crippen molar-refractivity contribution in [3.8, 4) is 5.75 Å². The highest BCUT2D eigenvalue weighted by molar-refractivity contribution is 5.77. The van der Waals surface area contributed by atoms with Gasteiger partial charge >= 0.3 is 0 Å². The zero-order valence-electron chi connectivity index (χ0n) is 14.6. The summed E-state index contributed by atoms with van der Waals surface area (Å²) in [5.74, 6) is 1.05. The van der Waals surface area contributed by atoms with E-state index in [1.165, 1.54) is 0 Å². The maximum Gasteiger partial charge on any atom is 0.223 e. The molecule has 2 aromatic rings. The molecule has 0 unspecified atom stereocenters. The van der Waals surface area contributed by atoms with Gasteiger partial charge in [0, 0.05) is 25.1 Å². The predicted octanol–water partition coefficient (Wildman–Crippen LogP) is 3.33. The lowest BCUT2D eigenvalue weighted by atomic mass is 10.0. The smallest absolute Gasteiger partial charge is 0.223 e. The summed E-state index contributed by atoms with van der Waals surface area (Å²) < 4.78 is 5.32. The second-order valence-corrected chi connectivity index (χ2v) is 6.44. The van der Waals surface area contributed by atoms with Gasteiger partial charge in [-0.3, -0.25) is 9.89 Å². The summed E-state index contributed by atoms with van der Waals surface area (Å²) in [4.78, 5) is 14.7. The molecule has 5 nitrogen and oxygen atoms in total. The lowest BCUT2D eigenvalue weighted by Crippen LogP contribution is -2.30. The summed E-state index contributed by atoms with van der Waals surface area (Å²) in [6.45, 7) is 4.89. The van der Waals surface area contributed by atoms with Crippen LogP contribution in [-0.4, -0.2) is 34.7 Å². The highest BCUT2D eigenvalue weighted by atomic mass is 16.5. The van der Waals surface area contributed by atoms with E-state index >= 15 is 0 Å². The molecule has 1 saturated heterocycles. The number of H-pyrrole nitrogens is 1. The fourth-order valence-corrected chi connectivity index (χ4v) is 3.41. The van der Waals surface area contributed by atoms with Gasteiger partial charge in [0.2, 0.25) is 5.91 Å². The first-order valence-electron chi connectivity index (χ1n) is 8.54. The predicted molar refractivity (Wildman–Crippen MR) is 93.1 cm³/mol. The summed E-state index contributed by atoms with van der Waals surface area (Å²) in [5, 5.41) is 7.29. The maximum atomic E-state index is 12.7. The lowest BCUT2D eigenvalue weighted by Gasteiger charge is -2.25. The van der Waals surface area contributed by atoms with Crippen LogP contribution in [0.5, 0.6) is 5.75 Å². The van der Waals surface area contributed by atoms with E-state index in [4.69, 9.17) is 4.74 Å². The van der Waals surface area contributed by atoms with Crippen molar-refractivity contribution in [2.24, 2.45) is 0 Å². The molecule has 1 aliphatic rings. The van der Waals surface area contributed by atoms with E-state index in [1.54, 1.807) is 7.11 Å². The van der Waals surface area contributed by atoms with Crippen molar-refractivity contribution < 1.29 is 9.53 Å². The Morgan fingerprint density at radius 3 is 2.96 bits per heavy atom. The van der Waals surface area contributed by atoms with Gasteiger partial charge in [0.05, 0.1) is 18.8 Å². The van der Waals surface area contributed by atoms with Crippen LogP contribution < -0.4 is 4.74 Å². The van der Waals surface area contributed by atoms with Gasteiger partial charge in [-0.05, 0) is 49.9 Å². The number of carbonyl (C=O) groups is 1. The number of carbonyl (C=O) groups excluding carboxylic acids is 1. The molecule has 1 aliphatic heterocycles. The highest BCUT2D eigenvalue weighted by Gasteiger charge is 2.30. The van der Waals surface area contributed by atoms with Crippen LogP contribution >= 0.6 is 0 Å². The van der Waals surface area contributed by atoms with Crippen molar-refractivity contribution >= 4 is 5.91 Å². The highest BCUT2D eigenvalue weighted by Crippen LogP contribution is 2.34. The van der Waals surface area contributed by atoms with Crippen LogP contribution in [0.15, 0.2) is 24.3 Å². The minimum Gasteiger partial charge on any atom is -0.497 e. The number of ether oxygens (including phenoxy) is 1. The summed E-state index contributed by atoms with van der Waals surface area (Å²) in [6, 6.07) is 8.21. The Morgan fingerprint density at radius 2 is 2.25 bits per heavy atom. The van der Waals surface area contributed by atoms with Crippen LogP contribution in [-0.2, 0) is 11.2 Å². The maximum absolute atomic E-state index is 12.7. The van der Waals surface area contributed by atoms with Gasteiger partial charge in [0.1, 0.15) is 5.75 Å². The summed E-state index contributed by atoms with van der Waals surface area (Å²) >= 11 is 0. The Kier molecular flexibility index (Phi) is 4.88. The molecule has 1 aromatic carbocycles. The normalized spacial score (nSPS) is 17.3. The number of methoxy groups -OCH3 is 1. The third kappa shape index (κ3) is 3.30. The number of hydrogen-bond donors (Lipinski definition) is 1. The van der Waals surface area contributed by atoms with E-state index in [2.05, 4.69) is 16.3 Å². The number of nitrogens with one attached hydrogen (secondary N) is 1. The Balaban J connectivity index is 1.68. The molecule has 128 valence electrons. The molecule has 1 fully saturated rings. The van der Waals surface area contributed by atoms with E-state index in [0.717, 1.165) is 47.7 Å². The number of likely N-dealkylation sites (tertiary alicyclic amines) is 1. The van der Waals surface area contributed by atoms with Gasteiger partial charge in [-0.2, -0.15) is 5.10 Å². The van der Waals surface area contributed by atoms with E-state index in [1.807, 2.05) is 36.9 Å². The molecule has 0 saturated carbocycles. The fraction of sp³-hybridized carbons (Fsp3) is 0.474. The zero-order valence-corrected chi connectivity index (χ0v) is 14.6. The molecular weight excluding hydrogens is 302 g/mol. The number of rotatable bonds is 5. The fourth-order valence-electron chi connectivity index (χ4n) is 3.41. The van der Waals surface area contributed by atoms with Gasteiger partial charge in [-0.15, -0.1) is 0 Å². The lowest BCUT2D eigenvalue weighted by molar-refractivity contribution is -0.132. The largest absolute Gasteiger partial charge is 0.497 e. The average Bonchev–Trinajstić information content (AvgIpc) is 3.21. The van der Waals surface area contributed by atoms with Gasteiger partial charge in [-0.1, -0.05) is 12.1 Å². The minimum atomic E-state index is 0.162. The zero-order chi connectivity index (χ0) is 17.1. The van der Waals surface area contributed by atoms with Crippen molar-refractivity contribution in [3.63, 3.8) is 0 Å². The molecule has 1 atom stereocenters. The first kappa shape index (κ1) is 16.6. The van der Waals surface area contributed by atoms with Crippen LogP contribution in [0, 0.1) is 13.8 Å². The number of benzene rings is 1. The molecule has 3 rings (SSSR count). The van der Waals surface area contributed by atoms with Crippen molar-refractivity contribution in [2.75, 3.05) is 13.7 Å². The van der Waals surface area contributed by atoms with E-state index in [9.17, 15) is 4.79 Å². The molecule has 1 N–H and O–H groups in total. The van der Waals surface area contributed by atoms with Crippen LogP contribution in [0.1, 0.15) is 47.8 Å². The first-order valence-corrected chi connectivity index (χ1v) is 8.54. The van der Waals surface area contributed by atoms with E-state index in [0.29, 0.717) is 12.8 Å². The molecule has 0 spiro atoms. The number of aromatic nitrogens is 2. The number of aryl methyl sites for hydroxylation is 2. The third-order valence-corrected chi connectivity index (χ3v) is 4.98. The van der Waals surface area contributed by atoms with Gasteiger partial charge < -0.3 is 9.64 Å². The van der Waals surface area contributed by atoms with Crippen LogP contribution in [0.2, 0.25) is 0 Å². The van der Waals surface area contributed by atoms with Gasteiger partial charge in [0.15, 0.2) is 0 Å². The molecule has 1 amide bonds. The van der Waals surface area contributed by atoms with Crippen molar-refractivity contribution in [1.29, 1.82) is 0 Å². The Morgan fingerprint density at radius 1 is 1.42 bits per heavy atom. The van der Waals surface area contributed by atoms with E-state index in [-0.39, 0.29) is 11.9 Å². The number of hydrogen-bond acceptors (Lipinski definition) is 3. The third-order valence-electron chi connectivity index (χ3n) is 4.98. The summed E-state index contributed by atoms with van der Waals surface area (Å²) in [7, 11) is 1.67. The van der Waals surface area contributed by atoms with E-state index < -0.39 is 0 Å². The second kappa shape index (κ2) is 7.07. The number of aromatic amines is 1. The monoisotopic (exact) mass is 327 g/mol. The summed E-state index contributed by atoms with van der Waals surface area (Å²) in [5.41, 5.74) is 4.39. The molecule has 0 radical (unpaired) electrons. The molecule has 0 aliphatic carbocycles. The SMILES string of the molecule is COc1cccc([C@@H]2CCCN2C(=O)CCc2n[nH]c(C)c2C)c1. The average molecular weight is 327 g/mol. The van der Waals surface area contributed by atoms with Crippen LogP contribution in [0.25, 0.3) is 0 Å². The second-order valence-electron chi connectivity index (χ2n) is 6.44. The Bertz CT molecular complexity index is 723.